The van der Waals surface area contributed by atoms with E-state index in [9.17, 15) is 22.0 Å². The highest BCUT2D eigenvalue weighted by Crippen LogP contribution is 2.21. The van der Waals surface area contributed by atoms with Gasteiger partial charge in [-0.2, -0.15) is 4.31 Å². The summed E-state index contributed by atoms with van der Waals surface area (Å²) >= 11 is 0. The molecular weight excluding hydrogens is 346 g/mol. The molecule has 1 aromatic carbocycles. The van der Waals surface area contributed by atoms with E-state index in [-0.39, 0.29) is 23.1 Å². The van der Waals surface area contributed by atoms with Gasteiger partial charge in [-0.25, -0.2) is 22.7 Å². The van der Waals surface area contributed by atoms with E-state index in [1.807, 2.05) is 0 Å². The number of alkyl halides is 2. The average molecular weight is 366 g/mol. The molecule has 0 aliphatic carbocycles. The van der Waals surface area contributed by atoms with Crippen molar-refractivity contribution in [2.24, 2.45) is 5.92 Å². The molecule has 7 nitrogen and oxygen atoms in total. The van der Waals surface area contributed by atoms with Gasteiger partial charge in [0.05, 0.1) is 11.4 Å². The first-order chi connectivity index (χ1) is 11.2. The fourth-order valence-electron chi connectivity index (χ4n) is 1.87. The third-order valence-electron chi connectivity index (χ3n) is 2.85. The van der Waals surface area contributed by atoms with Crippen molar-refractivity contribution < 1.29 is 31.9 Å². The van der Waals surface area contributed by atoms with Crippen molar-refractivity contribution in [2.45, 2.75) is 25.2 Å². The highest BCUT2D eigenvalue weighted by molar-refractivity contribution is 7.89. The van der Waals surface area contributed by atoms with Crippen LogP contribution >= 0.6 is 0 Å². The predicted molar refractivity (Wildman–Crippen MR) is 81.5 cm³/mol. The van der Waals surface area contributed by atoms with Crippen LogP contribution in [0.5, 0.6) is 5.75 Å². The first-order valence-electron chi connectivity index (χ1n) is 7.11. The van der Waals surface area contributed by atoms with Gasteiger partial charge in [0.25, 0.3) is 12.3 Å². The van der Waals surface area contributed by atoms with Gasteiger partial charge in [0.2, 0.25) is 10.0 Å². The largest absolute Gasteiger partial charge is 0.488 e. The van der Waals surface area contributed by atoms with Crippen molar-refractivity contribution in [3.05, 3.63) is 24.3 Å². The van der Waals surface area contributed by atoms with E-state index < -0.39 is 35.5 Å². The molecule has 0 atom stereocenters. The van der Waals surface area contributed by atoms with Crippen LogP contribution in [0.4, 0.5) is 8.78 Å². The van der Waals surface area contributed by atoms with Gasteiger partial charge in [-0.1, -0.05) is 13.8 Å². The Morgan fingerprint density at radius 2 is 1.88 bits per heavy atom. The van der Waals surface area contributed by atoms with Crippen molar-refractivity contribution in [1.29, 1.82) is 0 Å². The van der Waals surface area contributed by atoms with Crippen LogP contribution < -0.4 is 10.2 Å². The summed E-state index contributed by atoms with van der Waals surface area (Å²) in [5, 5.41) is 8.60. The molecule has 0 radical (unpaired) electrons. The molecule has 0 fully saturated rings. The van der Waals surface area contributed by atoms with E-state index in [4.69, 9.17) is 9.94 Å². The Kier molecular flexibility index (Phi) is 7.52. The van der Waals surface area contributed by atoms with Crippen LogP contribution in [0.3, 0.4) is 0 Å². The lowest BCUT2D eigenvalue weighted by atomic mass is 10.2. The Balaban J connectivity index is 2.98. The van der Waals surface area contributed by atoms with Gasteiger partial charge in [-0.15, -0.1) is 0 Å². The minimum absolute atomic E-state index is 0.0556. The Hall–Kier alpha value is -1.78. The summed E-state index contributed by atoms with van der Waals surface area (Å²) in [6, 6.07) is 4.94. The van der Waals surface area contributed by atoms with Crippen molar-refractivity contribution in [3.63, 3.8) is 0 Å². The van der Waals surface area contributed by atoms with Crippen LogP contribution in [-0.2, 0) is 14.8 Å². The third kappa shape index (κ3) is 6.02. The quantitative estimate of drug-likeness (QED) is 0.510. The van der Waals surface area contributed by atoms with E-state index in [1.54, 1.807) is 13.8 Å². The number of hydroxylamine groups is 1. The molecule has 0 heterocycles. The number of nitrogens with one attached hydrogen (secondary N) is 1. The normalized spacial score (nSPS) is 12.0. The lowest BCUT2D eigenvalue weighted by Gasteiger charge is -2.23. The van der Waals surface area contributed by atoms with E-state index in [2.05, 4.69) is 0 Å². The molecule has 1 amide bonds. The third-order valence-corrected chi connectivity index (χ3v) is 4.68. The van der Waals surface area contributed by atoms with E-state index in [0.717, 1.165) is 4.31 Å². The van der Waals surface area contributed by atoms with Gasteiger partial charge in [0.15, 0.2) is 0 Å². The second-order valence-corrected chi connectivity index (χ2v) is 7.34. The van der Waals surface area contributed by atoms with Gasteiger partial charge in [-0.05, 0) is 30.2 Å². The number of hydrogen-bond acceptors (Lipinski definition) is 5. The maximum atomic E-state index is 12.6. The molecule has 0 bridgehead atoms. The van der Waals surface area contributed by atoms with Crippen LogP contribution in [0, 0.1) is 5.92 Å². The zero-order valence-corrected chi connectivity index (χ0v) is 14.1. The predicted octanol–water partition coefficient (Wildman–Crippen LogP) is 1.48. The molecule has 2 N–H and O–H groups in total. The van der Waals surface area contributed by atoms with Crippen LogP contribution in [0.2, 0.25) is 0 Å². The number of sulfonamides is 1. The average Bonchev–Trinajstić information content (AvgIpc) is 2.52. The number of hydrogen-bond donors (Lipinski definition) is 2. The Labute approximate surface area is 139 Å². The first-order valence-corrected chi connectivity index (χ1v) is 8.55. The molecule has 0 saturated heterocycles. The van der Waals surface area contributed by atoms with Gasteiger partial charge in [-0.3, -0.25) is 10.0 Å². The van der Waals surface area contributed by atoms with Gasteiger partial charge >= 0.3 is 0 Å². The molecule has 0 unspecified atom stereocenters. The van der Waals surface area contributed by atoms with Crippen molar-refractivity contribution >= 4 is 15.9 Å². The van der Waals surface area contributed by atoms with Crippen molar-refractivity contribution in [3.8, 4) is 5.75 Å². The van der Waals surface area contributed by atoms with Crippen molar-refractivity contribution in [2.75, 3.05) is 19.7 Å². The lowest BCUT2D eigenvalue weighted by Crippen LogP contribution is -2.41. The molecule has 0 aliphatic rings. The number of benzene rings is 1. The number of halogens is 2. The molecule has 0 saturated carbocycles. The zero-order chi connectivity index (χ0) is 18.3. The monoisotopic (exact) mass is 366 g/mol. The summed E-state index contributed by atoms with van der Waals surface area (Å²) in [5.74, 6) is -0.811. The standard InChI is InChI=1S/C14H20F2N2O5S/c1-10(2)7-18(8-14(19)17-20)24(21,22)12-5-3-11(4-6-12)23-9-13(15)16/h3-6,10,13,20H,7-9H2,1-2H3,(H,17,19). The Morgan fingerprint density at radius 3 is 2.33 bits per heavy atom. The second-order valence-electron chi connectivity index (χ2n) is 5.40. The van der Waals surface area contributed by atoms with Crippen LogP contribution in [0.15, 0.2) is 29.2 Å². The van der Waals surface area contributed by atoms with Gasteiger partial charge < -0.3 is 4.74 Å². The topological polar surface area (TPSA) is 95.9 Å². The summed E-state index contributed by atoms with van der Waals surface area (Å²) in [6.07, 6.45) is -2.63. The first kappa shape index (κ1) is 20.3. The fraction of sp³-hybridized carbons (Fsp3) is 0.500. The molecule has 1 rings (SSSR count). The maximum absolute atomic E-state index is 12.6. The molecule has 1 aromatic rings. The minimum Gasteiger partial charge on any atom is -0.488 e. The SMILES string of the molecule is CC(C)CN(CC(=O)NO)S(=O)(=O)c1ccc(OCC(F)F)cc1. The number of carbonyl (C=O) groups is 1. The minimum atomic E-state index is -3.99. The maximum Gasteiger partial charge on any atom is 0.272 e. The molecule has 136 valence electrons. The summed E-state index contributed by atoms with van der Waals surface area (Å²) in [5.41, 5.74) is 1.39. The number of nitrogens with zero attached hydrogens (tertiary/aromatic N) is 1. The van der Waals surface area contributed by atoms with Crippen LogP contribution in [0.1, 0.15) is 13.8 Å². The highest BCUT2D eigenvalue weighted by Gasteiger charge is 2.27. The Morgan fingerprint density at radius 1 is 1.29 bits per heavy atom. The number of ether oxygens (including phenoxy) is 1. The molecule has 0 aliphatic heterocycles. The molecule has 10 heteroatoms. The smallest absolute Gasteiger partial charge is 0.272 e. The van der Waals surface area contributed by atoms with E-state index >= 15 is 0 Å². The molecular formula is C14H20F2N2O5S. The van der Waals surface area contributed by atoms with Crippen LogP contribution in [0.25, 0.3) is 0 Å². The molecule has 0 aromatic heterocycles. The van der Waals surface area contributed by atoms with E-state index in [0.29, 0.717) is 0 Å². The van der Waals surface area contributed by atoms with Crippen molar-refractivity contribution in [1.82, 2.24) is 9.79 Å². The fourth-order valence-corrected chi connectivity index (χ4v) is 3.43. The van der Waals surface area contributed by atoms with Gasteiger partial charge in [0, 0.05) is 6.54 Å². The highest BCUT2D eigenvalue weighted by atomic mass is 32.2. The molecule has 0 spiro atoms. The number of amides is 1. The number of carbonyl (C=O) groups excluding carboxylic acids is 1. The summed E-state index contributed by atoms with van der Waals surface area (Å²) in [7, 11) is -3.99. The van der Waals surface area contributed by atoms with Gasteiger partial charge in [0.1, 0.15) is 12.4 Å². The van der Waals surface area contributed by atoms with E-state index in [1.165, 1.54) is 29.7 Å². The molecule has 24 heavy (non-hydrogen) atoms. The number of rotatable bonds is 9. The summed E-state index contributed by atoms with van der Waals surface area (Å²) in [4.78, 5) is 11.2. The second kappa shape index (κ2) is 8.90. The lowest BCUT2D eigenvalue weighted by molar-refractivity contribution is -0.129. The summed E-state index contributed by atoms with van der Waals surface area (Å²) < 4.78 is 55.1. The Bertz CT molecular complexity index is 635. The van der Waals surface area contributed by atoms with Crippen LogP contribution in [-0.4, -0.2) is 50.0 Å². The summed E-state index contributed by atoms with van der Waals surface area (Å²) in [6.45, 7) is 2.30. The zero-order valence-electron chi connectivity index (χ0n) is 13.3.